The van der Waals surface area contributed by atoms with Crippen molar-refractivity contribution in [3.05, 3.63) is 65.2 Å². The van der Waals surface area contributed by atoms with Crippen LogP contribution >= 0.6 is 0 Å². The molecule has 0 aliphatic carbocycles. The number of aryl methyl sites for hydroxylation is 1. The topological polar surface area (TPSA) is 32.8 Å². The van der Waals surface area contributed by atoms with Crippen LogP contribution in [0.4, 0.5) is 8.78 Å². The minimum atomic E-state index is -0.828. The molecule has 1 amide bonds. The number of nitrogens with zero attached hydrogens (tertiary/aromatic N) is 2. The molecule has 0 saturated carbocycles. The average Bonchev–Trinajstić information content (AvgIpc) is 3.00. The molecule has 0 bridgehead atoms. The number of benzene rings is 2. The smallest absolute Gasteiger partial charge is 0.222 e. The third-order valence-electron chi connectivity index (χ3n) is 5.64. The molecule has 1 saturated heterocycles. The van der Waals surface area contributed by atoms with E-state index in [4.69, 9.17) is 4.74 Å². The van der Waals surface area contributed by atoms with Gasteiger partial charge in [-0.15, -0.1) is 0 Å². The first-order valence-electron chi connectivity index (χ1n) is 10.1. The number of amides is 1. The SMILES string of the molecule is COc1ccc(CCC(=O)N2CCCN(C(C)c3ccc(F)c(F)c3)CC2)cc1. The van der Waals surface area contributed by atoms with Gasteiger partial charge in [-0.3, -0.25) is 9.69 Å². The maximum absolute atomic E-state index is 13.6. The Morgan fingerprint density at radius 2 is 1.79 bits per heavy atom. The van der Waals surface area contributed by atoms with Crippen molar-refractivity contribution in [2.45, 2.75) is 32.2 Å². The third-order valence-corrected chi connectivity index (χ3v) is 5.64. The van der Waals surface area contributed by atoms with Crippen LogP contribution in [0.5, 0.6) is 5.75 Å². The normalized spacial score (nSPS) is 16.3. The van der Waals surface area contributed by atoms with E-state index in [0.29, 0.717) is 25.9 Å². The Balaban J connectivity index is 1.52. The molecule has 1 aliphatic rings. The number of hydrogen-bond donors (Lipinski definition) is 0. The molecule has 1 atom stereocenters. The second kappa shape index (κ2) is 9.83. The highest BCUT2D eigenvalue weighted by atomic mass is 19.2. The van der Waals surface area contributed by atoms with Crippen molar-refractivity contribution < 1.29 is 18.3 Å². The van der Waals surface area contributed by atoms with Gasteiger partial charge >= 0.3 is 0 Å². The maximum Gasteiger partial charge on any atom is 0.222 e. The zero-order valence-corrected chi connectivity index (χ0v) is 17.0. The predicted octanol–water partition coefficient (Wildman–Crippen LogP) is 4.20. The zero-order chi connectivity index (χ0) is 20.8. The number of halogens is 2. The molecule has 2 aromatic rings. The standard InChI is InChI=1S/C23H28F2N2O2/c1-17(19-7-10-21(24)22(25)16-19)26-12-3-13-27(15-14-26)23(28)11-6-18-4-8-20(29-2)9-5-18/h4-5,7-10,16-17H,3,6,11-15H2,1-2H3. The number of ether oxygens (including phenoxy) is 1. The largest absolute Gasteiger partial charge is 0.497 e. The molecule has 1 fully saturated rings. The maximum atomic E-state index is 13.6. The van der Waals surface area contributed by atoms with Crippen LogP contribution in [-0.4, -0.2) is 49.0 Å². The van der Waals surface area contributed by atoms with Gasteiger partial charge in [0.25, 0.3) is 0 Å². The summed E-state index contributed by atoms with van der Waals surface area (Å²) in [6.45, 7) is 4.91. The molecule has 1 aliphatic heterocycles. The minimum Gasteiger partial charge on any atom is -0.497 e. The van der Waals surface area contributed by atoms with Crippen LogP contribution in [0.25, 0.3) is 0 Å². The molecule has 0 radical (unpaired) electrons. The summed E-state index contributed by atoms with van der Waals surface area (Å²) in [5.74, 6) is -0.684. The molecule has 3 rings (SSSR count). The summed E-state index contributed by atoms with van der Waals surface area (Å²) in [5, 5.41) is 0. The Morgan fingerprint density at radius 3 is 2.48 bits per heavy atom. The van der Waals surface area contributed by atoms with Gasteiger partial charge in [-0.1, -0.05) is 18.2 Å². The van der Waals surface area contributed by atoms with Gasteiger partial charge in [-0.2, -0.15) is 0 Å². The lowest BCUT2D eigenvalue weighted by molar-refractivity contribution is -0.131. The quantitative estimate of drug-likeness (QED) is 0.726. The Hall–Kier alpha value is -2.47. The van der Waals surface area contributed by atoms with Gasteiger partial charge in [0.1, 0.15) is 5.75 Å². The molecule has 156 valence electrons. The lowest BCUT2D eigenvalue weighted by Gasteiger charge is -2.28. The van der Waals surface area contributed by atoms with Gasteiger partial charge in [0.05, 0.1) is 7.11 Å². The molecule has 1 unspecified atom stereocenters. The third kappa shape index (κ3) is 5.54. The van der Waals surface area contributed by atoms with Crippen molar-refractivity contribution >= 4 is 5.91 Å². The number of methoxy groups -OCH3 is 1. The van der Waals surface area contributed by atoms with Crippen LogP contribution in [-0.2, 0) is 11.2 Å². The predicted molar refractivity (Wildman–Crippen MR) is 109 cm³/mol. The van der Waals surface area contributed by atoms with E-state index in [2.05, 4.69) is 4.90 Å². The Bertz CT molecular complexity index is 826. The molecule has 0 aromatic heterocycles. The van der Waals surface area contributed by atoms with Crippen LogP contribution < -0.4 is 4.74 Å². The molecule has 6 heteroatoms. The summed E-state index contributed by atoms with van der Waals surface area (Å²) in [4.78, 5) is 16.8. The van der Waals surface area contributed by atoms with Crippen molar-refractivity contribution in [2.24, 2.45) is 0 Å². The summed E-state index contributed by atoms with van der Waals surface area (Å²) in [7, 11) is 1.63. The monoisotopic (exact) mass is 402 g/mol. The highest BCUT2D eigenvalue weighted by molar-refractivity contribution is 5.76. The van der Waals surface area contributed by atoms with E-state index in [1.54, 1.807) is 13.2 Å². The first-order chi connectivity index (χ1) is 14.0. The Labute approximate surface area is 171 Å². The van der Waals surface area contributed by atoms with E-state index in [0.717, 1.165) is 36.4 Å². The van der Waals surface area contributed by atoms with Crippen LogP contribution in [0.1, 0.15) is 36.9 Å². The van der Waals surface area contributed by atoms with E-state index in [-0.39, 0.29) is 11.9 Å². The summed E-state index contributed by atoms with van der Waals surface area (Å²) in [6, 6.07) is 11.8. The van der Waals surface area contributed by atoms with Crippen LogP contribution in [0, 0.1) is 11.6 Å². The molecule has 2 aromatic carbocycles. The van der Waals surface area contributed by atoms with Crippen LogP contribution in [0.2, 0.25) is 0 Å². The molecule has 0 spiro atoms. The first kappa shape index (κ1) is 21.2. The Morgan fingerprint density at radius 1 is 1.03 bits per heavy atom. The van der Waals surface area contributed by atoms with E-state index < -0.39 is 11.6 Å². The number of rotatable bonds is 6. The van der Waals surface area contributed by atoms with Crippen LogP contribution in [0.3, 0.4) is 0 Å². The van der Waals surface area contributed by atoms with E-state index in [1.807, 2.05) is 36.1 Å². The first-order valence-corrected chi connectivity index (χ1v) is 10.1. The summed E-state index contributed by atoms with van der Waals surface area (Å²) < 4.78 is 31.9. The number of hydrogen-bond acceptors (Lipinski definition) is 3. The lowest BCUT2D eigenvalue weighted by Crippen LogP contribution is -2.36. The van der Waals surface area contributed by atoms with Gasteiger partial charge in [0, 0.05) is 38.6 Å². The molecule has 1 heterocycles. The fraction of sp³-hybridized carbons (Fsp3) is 0.435. The highest BCUT2D eigenvalue weighted by Gasteiger charge is 2.23. The molecule has 0 N–H and O–H groups in total. The van der Waals surface area contributed by atoms with Crippen molar-refractivity contribution in [1.29, 1.82) is 0 Å². The second-order valence-electron chi connectivity index (χ2n) is 7.47. The van der Waals surface area contributed by atoms with E-state index >= 15 is 0 Å². The van der Waals surface area contributed by atoms with Crippen molar-refractivity contribution in [1.82, 2.24) is 9.80 Å². The summed E-state index contributed by atoms with van der Waals surface area (Å²) in [5.41, 5.74) is 1.87. The van der Waals surface area contributed by atoms with Gasteiger partial charge in [0.15, 0.2) is 11.6 Å². The molecular formula is C23H28F2N2O2. The molecule has 29 heavy (non-hydrogen) atoms. The number of carbonyl (C=O) groups excluding carboxylic acids is 1. The summed E-state index contributed by atoms with van der Waals surface area (Å²) >= 11 is 0. The average molecular weight is 402 g/mol. The molecular weight excluding hydrogens is 374 g/mol. The zero-order valence-electron chi connectivity index (χ0n) is 17.0. The van der Waals surface area contributed by atoms with Crippen molar-refractivity contribution in [2.75, 3.05) is 33.3 Å². The van der Waals surface area contributed by atoms with Crippen molar-refractivity contribution in [3.8, 4) is 5.75 Å². The fourth-order valence-corrected chi connectivity index (χ4v) is 3.76. The van der Waals surface area contributed by atoms with E-state index in [1.165, 1.54) is 12.1 Å². The number of carbonyl (C=O) groups is 1. The Kier molecular flexibility index (Phi) is 7.20. The van der Waals surface area contributed by atoms with Crippen LogP contribution in [0.15, 0.2) is 42.5 Å². The summed E-state index contributed by atoms with van der Waals surface area (Å²) in [6.07, 6.45) is 2.04. The van der Waals surface area contributed by atoms with Gasteiger partial charge in [-0.25, -0.2) is 8.78 Å². The van der Waals surface area contributed by atoms with Gasteiger partial charge in [0.2, 0.25) is 5.91 Å². The molecule has 4 nitrogen and oxygen atoms in total. The second-order valence-corrected chi connectivity index (χ2v) is 7.47. The van der Waals surface area contributed by atoms with Gasteiger partial charge < -0.3 is 9.64 Å². The van der Waals surface area contributed by atoms with Gasteiger partial charge in [-0.05, 0) is 55.2 Å². The minimum absolute atomic E-state index is 0.0283. The van der Waals surface area contributed by atoms with E-state index in [9.17, 15) is 13.6 Å². The van der Waals surface area contributed by atoms with Crippen molar-refractivity contribution in [3.63, 3.8) is 0 Å². The lowest BCUT2D eigenvalue weighted by atomic mass is 10.1. The fourth-order valence-electron chi connectivity index (χ4n) is 3.76. The highest BCUT2D eigenvalue weighted by Crippen LogP contribution is 2.23.